The maximum atomic E-state index is 13.0. The van der Waals surface area contributed by atoms with Crippen LogP contribution < -0.4 is 14.4 Å². The molecule has 0 N–H and O–H groups in total. The van der Waals surface area contributed by atoms with E-state index in [0.29, 0.717) is 35.8 Å². The van der Waals surface area contributed by atoms with Gasteiger partial charge >= 0.3 is 0 Å². The molecule has 30 heavy (non-hydrogen) atoms. The summed E-state index contributed by atoms with van der Waals surface area (Å²) in [6.07, 6.45) is 0.308. The molecule has 2 heterocycles. The average Bonchev–Trinajstić information content (AvgIpc) is 3.13. The van der Waals surface area contributed by atoms with Gasteiger partial charge in [0.2, 0.25) is 0 Å². The van der Waals surface area contributed by atoms with Gasteiger partial charge in [0, 0.05) is 19.6 Å². The van der Waals surface area contributed by atoms with Crippen LogP contribution in [0.1, 0.15) is 15.9 Å². The number of rotatable bonds is 6. The number of hydrogen-bond acceptors (Lipinski definition) is 8. The molecule has 2 aromatic rings. The minimum Gasteiger partial charge on any atom is -0.493 e. The first kappa shape index (κ1) is 20.5. The van der Waals surface area contributed by atoms with E-state index in [2.05, 4.69) is 0 Å². The number of carbonyl (C=O) groups excluding carboxylic acids is 1. The van der Waals surface area contributed by atoms with Crippen molar-refractivity contribution in [1.82, 2.24) is 9.96 Å². The molecule has 1 amide bonds. The molecule has 2 aliphatic heterocycles. The summed E-state index contributed by atoms with van der Waals surface area (Å²) in [7, 11) is -0.608. The highest BCUT2D eigenvalue weighted by atomic mass is 32.2. The van der Waals surface area contributed by atoms with Gasteiger partial charge in [-0.3, -0.25) is 4.79 Å². The minimum atomic E-state index is -3.74. The topological polar surface area (TPSA) is 88.6 Å². The van der Waals surface area contributed by atoms with Crippen LogP contribution in [-0.2, 0) is 20.9 Å². The Kier molecular flexibility index (Phi) is 5.31. The molecule has 4 rings (SSSR count). The Morgan fingerprint density at radius 3 is 2.47 bits per heavy atom. The van der Waals surface area contributed by atoms with Gasteiger partial charge < -0.3 is 19.3 Å². The molecule has 0 aromatic heterocycles. The molecule has 1 saturated heterocycles. The second-order valence-electron chi connectivity index (χ2n) is 7.10. The number of hydroxylamine groups is 2. The van der Waals surface area contributed by atoms with Crippen molar-refractivity contribution in [2.45, 2.75) is 12.8 Å². The van der Waals surface area contributed by atoms with Gasteiger partial charge in [0.05, 0.1) is 31.7 Å². The zero-order valence-corrected chi connectivity index (χ0v) is 17.8. The van der Waals surface area contributed by atoms with Crippen molar-refractivity contribution in [2.75, 3.05) is 38.5 Å². The Bertz CT molecular complexity index is 1070. The molecule has 10 heteroatoms. The van der Waals surface area contributed by atoms with Crippen molar-refractivity contribution in [2.24, 2.45) is 0 Å². The number of anilines is 1. The number of carbonyl (C=O) groups is 1. The molecule has 0 bridgehead atoms. The summed E-state index contributed by atoms with van der Waals surface area (Å²) in [5.74, 6) is 1.04. The summed E-state index contributed by atoms with van der Waals surface area (Å²) in [5.41, 5.74) is 2.18. The maximum Gasteiger partial charge on any atom is 0.280 e. The molecule has 1 fully saturated rings. The average molecular weight is 433 g/mol. The summed E-state index contributed by atoms with van der Waals surface area (Å²) in [4.78, 5) is 16.6. The number of benzene rings is 2. The molecule has 160 valence electrons. The van der Waals surface area contributed by atoms with Crippen molar-refractivity contribution in [3.05, 3.63) is 53.6 Å². The van der Waals surface area contributed by atoms with Crippen molar-refractivity contribution in [3.63, 3.8) is 0 Å². The van der Waals surface area contributed by atoms with Gasteiger partial charge in [-0.05, 0) is 29.8 Å². The van der Waals surface area contributed by atoms with Gasteiger partial charge in [0.1, 0.15) is 0 Å². The quantitative estimate of drug-likeness (QED) is 0.680. The van der Waals surface area contributed by atoms with Crippen LogP contribution in [0, 0.1) is 0 Å². The van der Waals surface area contributed by atoms with Crippen LogP contribution >= 0.6 is 0 Å². The Morgan fingerprint density at radius 1 is 1.03 bits per heavy atom. The van der Waals surface area contributed by atoms with E-state index in [-0.39, 0.29) is 12.5 Å². The van der Waals surface area contributed by atoms with E-state index in [1.165, 1.54) is 5.06 Å². The Labute approximate surface area is 175 Å². The normalized spacial score (nSPS) is 18.9. The third kappa shape index (κ3) is 3.69. The van der Waals surface area contributed by atoms with Crippen LogP contribution in [0.2, 0.25) is 0 Å². The minimum absolute atomic E-state index is 0.154. The SMILES string of the molecule is COc1ccc(CN2c3ccccc3C(=O)N3CCN(OS(C)(=O)=O)C32)cc1OC. The highest BCUT2D eigenvalue weighted by Crippen LogP contribution is 2.37. The lowest BCUT2D eigenvalue weighted by Gasteiger charge is -2.43. The second kappa shape index (κ2) is 7.78. The summed E-state index contributed by atoms with van der Waals surface area (Å²) in [6, 6.07) is 12.9. The number of fused-ring (bicyclic) bond motifs is 2. The van der Waals surface area contributed by atoms with Crippen LogP contribution in [-0.4, -0.2) is 64.1 Å². The smallest absolute Gasteiger partial charge is 0.280 e. The van der Waals surface area contributed by atoms with Crippen LogP contribution in [0.5, 0.6) is 11.5 Å². The zero-order valence-electron chi connectivity index (χ0n) is 16.9. The first-order valence-electron chi connectivity index (χ1n) is 9.36. The molecule has 1 unspecified atom stereocenters. The summed E-state index contributed by atoms with van der Waals surface area (Å²) < 4.78 is 39.5. The highest BCUT2D eigenvalue weighted by Gasteiger charge is 2.46. The fourth-order valence-corrected chi connectivity index (χ4v) is 4.40. The van der Waals surface area contributed by atoms with Gasteiger partial charge in [-0.1, -0.05) is 18.2 Å². The van der Waals surface area contributed by atoms with Gasteiger partial charge in [-0.2, -0.15) is 12.7 Å². The van der Waals surface area contributed by atoms with Crippen molar-refractivity contribution >= 4 is 21.7 Å². The molecule has 1 atom stereocenters. The predicted octanol–water partition coefficient (Wildman–Crippen LogP) is 1.66. The molecule has 0 radical (unpaired) electrons. The highest BCUT2D eigenvalue weighted by molar-refractivity contribution is 7.85. The fourth-order valence-electron chi connectivity index (χ4n) is 3.90. The van der Waals surface area contributed by atoms with Crippen LogP contribution in [0.15, 0.2) is 42.5 Å². The molecule has 9 nitrogen and oxygen atoms in total. The molecule has 2 aromatic carbocycles. The Morgan fingerprint density at radius 2 is 1.77 bits per heavy atom. The number of ether oxygens (including phenoxy) is 2. The largest absolute Gasteiger partial charge is 0.493 e. The first-order valence-corrected chi connectivity index (χ1v) is 11.2. The number of nitrogens with zero attached hydrogens (tertiary/aromatic N) is 3. The molecular formula is C20H23N3O6S. The van der Waals surface area contributed by atoms with E-state index >= 15 is 0 Å². The lowest BCUT2D eigenvalue weighted by Crippen LogP contribution is -2.57. The third-order valence-corrected chi connectivity index (χ3v) is 5.58. The number of amides is 1. The van der Waals surface area contributed by atoms with E-state index in [4.69, 9.17) is 13.8 Å². The molecule has 0 saturated carbocycles. The van der Waals surface area contributed by atoms with Crippen molar-refractivity contribution in [3.8, 4) is 11.5 Å². The van der Waals surface area contributed by atoms with E-state index in [0.717, 1.165) is 11.8 Å². The standard InChI is InChI=1S/C20H23N3O6S/c1-27-17-9-8-14(12-18(17)28-2)13-22-16-7-5-4-6-15(16)19(24)21-10-11-23(20(21)22)29-30(3,25)26/h4-9,12,20H,10-11,13H2,1-3H3. The fraction of sp³-hybridized carbons (Fsp3) is 0.350. The Balaban J connectivity index is 1.76. The number of methoxy groups -OCH3 is 2. The summed E-state index contributed by atoms with van der Waals surface area (Å²) in [5, 5.41) is 1.34. The monoisotopic (exact) mass is 433 g/mol. The molecule has 0 spiro atoms. The zero-order chi connectivity index (χ0) is 21.5. The van der Waals surface area contributed by atoms with Gasteiger partial charge in [0.25, 0.3) is 16.0 Å². The van der Waals surface area contributed by atoms with Gasteiger partial charge in [0.15, 0.2) is 17.8 Å². The van der Waals surface area contributed by atoms with E-state index in [1.807, 2.05) is 41.3 Å². The van der Waals surface area contributed by atoms with E-state index < -0.39 is 16.4 Å². The second-order valence-corrected chi connectivity index (χ2v) is 8.66. The van der Waals surface area contributed by atoms with Crippen LogP contribution in [0.25, 0.3) is 0 Å². The lowest BCUT2D eigenvalue weighted by atomic mass is 10.1. The molecule has 0 aliphatic carbocycles. The van der Waals surface area contributed by atoms with Crippen molar-refractivity contribution < 1.29 is 27.0 Å². The summed E-state index contributed by atoms with van der Waals surface area (Å²) >= 11 is 0. The first-order chi connectivity index (χ1) is 14.3. The molecular weight excluding hydrogens is 410 g/mol. The van der Waals surface area contributed by atoms with Crippen LogP contribution in [0.4, 0.5) is 5.69 Å². The van der Waals surface area contributed by atoms with Gasteiger partial charge in [-0.25, -0.2) is 0 Å². The van der Waals surface area contributed by atoms with Crippen molar-refractivity contribution in [1.29, 1.82) is 0 Å². The third-order valence-electron chi connectivity index (χ3n) is 5.11. The molecule has 2 aliphatic rings. The number of hydrogen-bond donors (Lipinski definition) is 0. The van der Waals surface area contributed by atoms with Crippen LogP contribution in [0.3, 0.4) is 0 Å². The lowest BCUT2D eigenvalue weighted by molar-refractivity contribution is -0.0863. The Hall–Kier alpha value is -2.82. The van der Waals surface area contributed by atoms with E-state index in [9.17, 15) is 13.2 Å². The van der Waals surface area contributed by atoms with Gasteiger partial charge in [-0.15, -0.1) is 5.06 Å². The predicted molar refractivity (Wildman–Crippen MR) is 110 cm³/mol. The summed E-state index contributed by atoms with van der Waals surface area (Å²) in [6.45, 7) is 1.03. The maximum absolute atomic E-state index is 13.0. The number of para-hydroxylation sites is 1. The van der Waals surface area contributed by atoms with E-state index in [1.54, 1.807) is 25.2 Å².